The molecule has 1 aliphatic rings. The second-order valence-electron chi connectivity index (χ2n) is 8.44. The van der Waals surface area contributed by atoms with Crippen molar-refractivity contribution in [2.75, 3.05) is 30.2 Å². The predicted molar refractivity (Wildman–Crippen MR) is 126 cm³/mol. The Hall–Kier alpha value is -2.38. The van der Waals surface area contributed by atoms with Crippen LogP contribution in [0.5, 0.6) is 0 Å². The summed E-state index contributed by atoms with van der Waals surface area (Å²) in [6.07, 6.45) is 5.01. The van der Waals surface area contributed by atoms with Crippen LogP contribution in [-0.4, -0.2) is 45.1 Å². The normalized spacial score (nSPS) is 14.9. The molecule has 168 valence electrons. The molecule has 0 aromatic heterocycles. The molecule has 0 atom stereocenters. The van der Waals surface area contributed by atoms with Gasteiger partial charge in [0.1, 0.15) is 6.54 Å². The minimum atomic E-state index is -3.59. The van der Waals surface area contributed by atoms with Crippen LogP contribution in [0.25, 0.3) is 0 Å². The molecule has 1 heterocycles. The minimum Gasteiger partial charge on any atom is -0.350 e. The number of anilines is 1. The fourth-order valence-corrected chi connectivity index (χ4v) is 5.06. The van der Waals surface area contributed by atoms with E-state index in [0.717, 1.165) is 42.6 Å². The van der Waals surface area contributed by atoms with E-state index in [-0.39, 0.29) is 12.5 Å². The Morgan fingerprint density at radius 2 is 1.55 bits per heavy atom. The number of para-hydroxylation sites is 1. The first-order chi connectivity index (χ1) is 14.7. The lowest BCUT2D eigenvalue weighted by atomic mass is 10.1. The van der Waals surface area contributed by atoms with Crippen LogP contribution >= 0.6 is 0 Å². The average molecular weight is 444 g/mol. The Labute approximate surface area is 186 Å². The molecule has 1 fully saturated rings. The van der Waals surface area contributed by atoms with E-state index in [0.29, 0.717) is 12.2 Å². The third kappa shape index (κ3) is 6.55. The van der Waals surface area contributed by atoms with Crippen molar-refractivity contribution >= 4 is 21.6 Å². The first-order valence-corrected chi connectivity index (χ1v) is 12.7. The number of nitrogens with zero attached hydrogens (tertiary/aromatic N) is 2. The Balaban J connectivity index is 1.59. The van der Waals surface area contributed by atoms with Crippen LogP contribution in [0.4, 0.5) is 5.69 Å². The molecule has 0 bridgehead atoms. The van der Waals surface area contributed by atoms with Gasteiger partial charge in [0.05, 0.1) is 11.9 Å². The Bertz CT molecular complexity index is 977. The summed E-state index contributed by atoms with van der Waals surface area (Å²) in [5.41, 5.74) is 4.48. The van der Waals surface area contributed by atoms with E-state index < -0.39 is 10.0 Å². The van der Waals surface area contributed by atoms with Gasteiger partial charge in [-0.3, -0.25) is 14.0 Å². The highest BCUT2D eigenvalue weighted by atomic mass is 32.2. The number of aryl methyl sites for hydroxylation is 2. The molecule has 3 rings (SSSR count). The molecule has 6 nitrogen and oxygen atoms in total. The number of likely N-dealkylation sites (tertiary alicyclic amines) is 1. The van der Waals surface area contributed by atoms with Crippen molar-refractivity contribution in [3.05, 3.63) is 64.7 Å². The molecule has 0 spiro atoms. The van der Waals surface area contributed by atoms with E-state index in [9.17, 15) is 13.2 Å². The van der Waals surface area contributed by atoms with Crippen molar-refractivity contribution in [3.8, 4) is 0 Å². The van der Waals surface area contributed by atoms with Crippen LogP contribution in [0.3, 0.4) is 0 Å². The number of carbonyl (C=O) groups excluding carboxylic acids is 1. The number of carbonyl (C=O) groups is 1. The van der Waals surface area contributed by atoms with Gasteiger partial charge in [0, 0.05) is 13.1 Å². The molecule has 2 aromatic carbocycles. The topological polar surface area (TPSA) is 69.7 Å². The molecule has 1 amide bonds. The first kappa shape index (κ1) is 23.3. The standard InChI is InChI=1S/C24H33N3O3S/c1-19-8-7-9-20(2)24(19)27(31(3,29)30)18-23(28)25-16-21-10-12-22(13-11-21)17-26-14-5-4-6-15-26/h7-13H,4-6,14-18H2,1-3H3,(H,25,28). The molecule has 2 aromatic rings. The lowest BCUT2D eigenvalue weighted by molar-refractivity contribution is -0.119. The van der Waals surface area contributed by atoms with Crippen LogP contribution < -0.4 is 9.62 Å². The quantitative estimate of drug-likeness (QED) is 0.679. The number of benzene rings is 2. The van der Waals surface area contributed by atoms with E-state index in [1.54, 1.807) is 0 Å². The number of hydrogen-bond donors (Lipinski definition) is 1. The highest BCUT2D eigenvalue weighted by Gasteiger charge is 2.23. The summed E-state index contributed by atoms with van der Waals surface area (Å²) in [5, 5.41) is 2.86. The van der Waals surface area contributed by atoms with Gasteiger partial charge in [-0.25, -0.2) is 8.42 Å². The van der Waals surface area contributed by atoms with Gasteiger partial charge in [0.25, 0.3) is 0 Å². The summed E-state index contributed by atoms with van der Waals surface area (Å²) in [4.78, 5) is 15.1. The maximum absolute atomic E-state index is 12.6. The summed E-state index contributed by atoms with van der Waals surface area (Å²) in [5.74, 6) is -0.328. The molecular weight excluding hydrogens is 410 g/mol. The number of nitrogens with one attached hydrogen (secondary N) is 1. The van der Waals surface area contributed by atoms with Gasteiger partial charge in [-0.05, 0) is 62.0 Å². The van der Waals surface area contributed by atoms with E-state index in [2.05, 4.69) is 22.3 Å². The maximum atomic E-state index is 12.6. The summed E-state index contributed by atoms with van der Waals surface area (Å²) in [6, 6.07) is 13.8. The van der Waals surface area contributed by atoms with Gasteiger partial charge in [-0.1, -0.05) is 48.9 Å². The summed E-state index contributed by atoms with van der Waals surface area (Å²) >= 11 is 0. The second kappa shape index (κ2) is 10.3. The zero-order valence-corrected chi connectivity index (χ0v) is 19.5. The van der Waals surface area contributed by atoms with Gasteiger partial charge in [0.15, 0.2) is 0 Å². The van der Waals surface area contributed by atoms with Gasteiger partial charge >= 0.3 is 0 Å². The molecule has 0 radical (unpaired) electrons. The molecule has 0 unspecified atom stereocenters. The summed E-state index contributed by atoms with van der Waals surface area (Å²) in [7, 11) is -3.59. The van der Waals surface area contributed by atoms with Crippen LogP contribution in [0.2, 0.25) is 0 Å². The summed E-state index contributed by atoms with van der Waals surface area (Å²) in [6.45, 7) is 7.12. The molecule has 1 aliphatic heterocycles. The van der Waals surface area contributed by atoms with E-state index >= 15 is 0 Å². The van der Waals surface area contributed by atoms with E-state index in [1.807, 2.05) is 44.2 Å². The predicted octanol–water partition coefficient (Wildman–Crippen LogP) is 3.37. The largest absolute Gasteiger partial charge is 0.350 e. The fourth-order valence-electron chi connectivity index (χ4n) is 4.09. The molecule has 1 N–H and O–H groups in total. The van der Waals surface area contributed by atoms with E-state index in [4.69, 9.17) is 0 Å². The number of rotatable bonds is 8. The second-order valence-corrected chi connectivity index (χ2v) is 10.3. The smallest absolute Gasteiger partial charge is 0.241 e. The van der Waals surface area contributed by atoms with Crippen molar-refractivity contribution in [3.63, 3.8) is 0 Å². The highest BCUT2D eigenvalue weighted by molar-refractivity contribution is 7.92. The molecule has 31 heavy (non-hydrogen) atoms. The van der Waals surface area contributed by atoms with Gasteiger partial charge < -0.3 is 5.32 Å². The van der Waals surface area contributed by atoms with Crippen molar-refractivity contribution in [2.45, 2.75) is 46.2 Å². The maximum Gasteiger partial charge on any atom is 0.241 e. The SMILES string of the molecule is Cc1cccc(C)c1N(CC(=O)NCc1ccc(CN2CCCCC2)cc1)S(C)(=O)=O. The Kier molecular flexibility index (Phi) is 7.73. The van der Waals surface area contributed by atoms with Crippen molar-refractivity contribution < 1.29 is 13.2 Å². The highest BCUT2D eigenvalue weighted by Crippen LogP contribution is 2.26. The average Bonchev–Trinajstić information content (AvgIpc) is 2.72. The van der Waals surface area contributed by atoms with E-state index in [1.165, 1.54) is 29.1 Å². The van der Waals surface area contributed by atoms with Gasteiger partial charge in [0.2, 0.25) is 15.9 Å². The summed E-state index contributed by atoms with van der Waals surface area (Å²) < 4.78 is 26.0. The number of amides is 1. The zero-order chi connectivity index (χ0) is 22.4. The van der Waals surface area contributed by atoms with Crippen LogP contribution in [0, 0.1) is 13.8 Å². The molecule has 1 saturated heterocycles. The molecule has 0 saturated carbocycles. The van der Waals surface area contributed by atoms with Crippen molar-refractivity contribution in [2.24, 2.45) is 0 Å². The lowest BCUT2D eigenvalue weighted by Crippen LogP contribution is -2.40. The van der Waals surface area contributed by atoms with Crippen LogP contribution in [0.15, 0.2) is 42.5 Å². The lowest BCUT2D eigenvalue weighted by Gasteiger charge is -2.26. The third-order valence-electron chi connectivity index (χ3n) is 5.74. The molecular formula is C24H33N3O3S. The minimum absolute atomic E-state index is 0.239. The molecule has 0 aliphatic carbocycles. The number of sulfonamides is 1. The Morgan fingerprint density at radius 1 is 0.968 bits per heavy atom. The number of hydrogen-bond acceptors (Lipinski definition) is 4. The van der Waals surface area contributed by atoms with Gasteiger partial charge in [-0.15, -0.1) is 0 Å². The van der Waals surface area contributed by atoms with Crippen LogP contribution in [-0.2, 0) is 27.9 Å². The molecule has 7 heteroatoms. The van der Waals surface area contributed by atoms with Crippen molar-refractivity contribution in [1.29, 1.82) is 0 Å². The van der Waals surface area contributed by atoms with Crippen LogP contribution in [0.1, 0.15) is 41.5 Å². The first-order valence-electron chi connectivity index (χ1n) is 10.8. The monoisotopic (exact) mass is 443 g/mol. The Morgan fingerprint density at radius 3 is 2.13 bits per heavy atom. The van der Waals surface area contributed by atoms with Gasteiger partial charge in [-0.2, -0.15) is 0 Å². The zero-order valence-electron chi connectivity index (χ0n) is 18.7. The fraction of sp³-hybridized carbons (Fsp3) is 0.458. The number of piperidine rings is 1. The van der Waals surface area contributed by atoms with Crippen molar-refractivity contribution in [1.82, 2.24) is 10.2 Å². The third-order valence-corrected chi connectivity index (χ3v) is 6.86.